The van der Waals surface area contributed by atoms with Gasteiger partial charge in [-0.05, 0) is 38.3 Å². The molecule has 1 aromatic heterocycles. The average molecular weight is 265 g/mol. The van der Waals surface area contributed by atoms with Crippen molar-refractivity contribution in [3.63, 3.8) is 0 Å². The fourth-order valence-corrected chi connectivity index (χ4v) is 2.80. The zero-order chi connectivity index (χ0) is 13.8. The lowest BCUT2D eigenvalue weighted by atomic mass is 10.0. The highest BCUT2D eigenvalue weighted by Gasteiger charge is 2.23. The number of hydrogen-bond donors (Lipinski definition) is 2. The van der Waals surface area contributed by atoms with Crippen molar-refractivity contribution >= 4 is 5.91 Å². The van der Waals surface area contributed by atoms with Crippen LogP contribution in [0, 0.1) is 12.8 Å². The molecule has 0 aliphatic carbocycles. The van der Waals surface area contributed by atoms with Crippen LogP contribution in [0.4, 0.5) is 0 Å². The quantitative estimate of drug-likeness (QED) is 0.484. The van der Waals surface area contributed by atoms with E-state index in [9.17, 15) is 4.79 Å². The average Bonchev–Trinajstić information content (AvgIpc) is 2.97. The summed E-state index contributed by atoms with van der Waals surface area (Å²) in [5.74, 6) is 6.65. The molecule has 1 amide bonds. The first-order valence-corrected chi connectivity index (χ1v) is 6.96. The molecule has 3 N–H and O–H groups in total. The third-order valence-electron chi connectivity index (χ3n) is 3.84. The molecule has 2 heterocycles. The van der Waals surface area contributed by atoms with Crippen molar-refractivity contribution in [1.29, 1.82) is 0 Å². The molecule has 0 saturated carbocycles. The minimum atomic E-state index is -0.375. The number of hydrogen-bond acceptors (Lipinski definition) is 4. The van der Waals surface area contributed by atoms with Gasteiger partial charge in [0.25, 0.3) is 0 Å². The minimum Gasteiger partial charge on any atom is -0.456 e. The number of furan rings is 1. The van der Waals surface area contributed by atoms with Crippen molar-refractivity contribution in [1.82, 2.24) is 10.3 Å². The van der Waals surface area contributed by atoms with Gasteiger partial charge in [-0.2, -0.15) is 0 Å². The smallest absolute Gasteiger partial charge is 0.300 e. The predicted octanol–water partition coefficient (Wildman–Crippen LogP) is 1.81. The molecule has 5 nitrogen and oxygen atoms in total. The van der Waals surface area contributed by atoms with E-state index in [0.29, 0.717) is 5.76 Å². The molecule has 2 rings (SSSR count). The molecule has 0 bridgehead atoms. The topological polar surface area (TPSA) is 71.5 Å². The molecule has 1 aliphatic rings. The van der Waals surface area contributed by atoms with E-state index in [2.05, 4.69) is 17.2 Å². The summed E-state index contributed by atoms with van der Waals surface area (Å²) >= 11 is 0. The Hall–Kier alpha value is -1.33. The van der Waals surface area contributed by atoms with Gasteiger partial charge in [-0.3, -0.25) is 15.1 Å². The standard InChI is InChI=1S/C14H23N3O2/c1-3-4-11-5-6-17(8-11)9-12-7-13(14(18)16-15)19-10(12)2/h7,11H,3-6,8-9,15H2,1-2H3,(H,16,18). The van der Waals surface area contributed by atoms with Crippen LogP contribution in [-0.2, 0) is 6.54 Å². The van der Waals surface area contributed by atoms with Gasteiger partial charge in [0.15, 0.2) is 5.76 Å². The molecule has 19 heavy (non-hydrogen) atoms. The fourth-order valence-electron chi connectivity index (χ4n) is 2.80. The number of nitrogens with two attached hydrogens (primary N) is 1. The number of amides is 1. The summed E-state index contributed by atoms with van der Waals surface area (Å²) in [4.78, 5) is 13.8. The molecular weight excluding hydrogens is 242 g/mol. The number of rotatable bonds is 5. The van der Waals surface area contributed by atoms with Gasteiger partial charge in [0.2, 0.25) is 0 Å². The zero-order valence-electron chi connectivity index (χ0n) is 11.7. The van der Waals surface area contributed by atoms with Gasteiger partial charge < -0.3 is 4.42 Å². The molecule has 5 heteroatoms. The Morgan fingerprint density at radius 2 is 2.42 bits per heavy atom. The van der Waals surface area contributed by atoms with Crippen molar-refractivity contribution in [3.05, 3.63) is 23.2 Å². The number of hydrazine groups is 1. The minimum absolute atomic E-state index is 0.291. The van der Waals surface area contributed by atoms with E-state index in [-0.39, 0.29) is 5.91 Å². The Balaban J connectivity index is 1.96. The molecule has 1 atom stereocenters. The van der Waals surface area contributed by atoms with Gasteiger partial charge in [0.1, 0.15) is 5.76 Å². The van der Waals surface area contributed by atoms with E-state index in [0.717, 1.165) is 36.9 Å². The van der Waals surface area contributed by atoms with Crippen LogP contribution in [-0.4, -0.2) is 23.9 Å². The highest BCUT2D eigenvalue weighted by atomic mass is 16.4. The Kier molecular flexibility index (Phi) is 4.61. The van der Waals surface area contributed by atoms with Crippen LogP contribution in [0.1, 0.15) is 48.1 Å². The number of nitrogen functional groups attached to an aromatic ring is 1. The molecule has 0 aromatic carbocycles. The second-order valence-electron chi connectivity index (χ2n) is 5.34. The van der Waals surface area contributed by atoms with Gasteiger partial charge in [-0.1, -0.05) is 13.3 Å². The SMILES string of the molecule is CCCC1CCN(Cc2cc(C(=O)NN)oc2C)C1. The van der Waals surface area contributed by atoms with E-state index in [1.807, 2.05) is 6.92 Å². The number of carbonyl (C=O) groups excluding carboxylic acids is 1. The highest BCUT2D eigenvalue weighted by Crippen LogP contribution is 2.24. The number of likely N-dealkylation sites (tertiary alicyclic amines) is 1. The second-order valence-corrected chi connectivity index (χ2v) is 5.34. The largest absolute Gasteiger partial charge is 0.456 e. The maximum absolute atomic E-state index is 11.4. The molecule has 1 fully saturated rings. The molecule has 1 aromatic rings. The van der Waals surface area contributed by atoms with Crippen LogP contribution in [0.15, 0.2) is 10.5 Å². The van der Waals surface area contributed by atoms with Gasteiger partial charge in [-0.15, -0.1) is 0 Å². The Labute approximate surface area is 114 Å². The molecule has 1 unspecified atom stereocenters. The number of aryl methyl sites for hydroxylation is 1. The van der Waals surface area contributed by atoms with E-state index in [1.54, 1.807) is 6.07 Å². The highest BCUT2D eigenvalue weighted by molar-refractivity contribution is 5.91. The first-order chi connectivity index (χ1) is 9.13. The van der Waals surface area contributed by atoms with Gasteiger partial charge in [0.05, 0.1) is 0 Å². The van der Waals surface area contributed by atoms with E-state index < -0.39 is 0 Å². The molecule has 0 spiro atoms. The lowest BCUT2D eigenvalue weighted by Crippen LogP contribution is -2.29. The first kappa shape index (κ1) is 14.1. The van der Waals surface area contributed by atoms with Crippen LogP contribution < -0.4 is 11.3 Å². The Morgan fingerprint density at radius 1 is 1.63 bits per heavy atom. The summed E-state index contributed by atoms with van der Waals surface area (Å²) < 4.78 is 5.43. The Morgan fingerprint density at radius 3 is 3.11 bits per heavy atom. The van der Waals surface area contributed by atoms with Crippen molar-refractivity contribution < 1.29 is 9.21 Å². The maximum atomic E-state index is 11.4. The Bertz CT molecular complexity index is 442. The second kappa shape index (κ2) is 6.21. The maximum Gasteiger partial charge on any atom is 0.300 e. The lowest BCUT2D eigenvalue weighted by Gasteiger charge is -2.15. The van der Waals surface area contributed by atoms with E-state index >= 15 is 0 Å². The third kappa shape index (κ3) is 3.36. The van der Waals surface area contributed by atoms with Gasteiger partial charge in [-0.25, -0.2) is 5.84 Å². The van der Waals surface area contributed by atoms with Crippen LogP contribution in [0.2, 0.25) is 0 Å². The first-order valence-electron chi connectivity index (χ1n) is 6.96. The van der Waals surface area contributed by atoms with Crippen molar-refractivity contribution in [2.75, 3.05) is 13.1 Å². The van der Waals surface area contributed by atoms with Crippen LogP contribution >= 0.6 is 0 Å². The van der Waals surface area contributed by atoms with E-state index in [4.69, 9.17) is 10.3 Å². The molecule has 106 valence electrons. The fraction of sp³-hybridized carbons (Fsp3) is 0.643. The number of carbonyl (C=O) groups is 1. The third-order valence-corrected chi connectivity index (χ3v) is 3.84. The summed E-state index contributed by atoms with van der Waals surface area (Å²) in [7, 11) is 0. The van der Waals surface area contributed by atoms with Crippen molar-refractivity contribution in [3.8, 4) is 0 Å². The van der Waals surface area contributed by atoms with Gasteiger partial charge in [0, 0.05) is 18.7 Å². The van der Waals surface area contributed by atoms with Crippen LogP contribution in [0.25, 0.3) is 0 Å². The normalized spacial score (nSPS) is 19.8. The van der Waals surface area contributed by atoms with Crippen LogP contribution in [0.5, 0.6) is 0 Å². The molecule has 1 aliphatic heterocycles. The number of nitrogens with one attached hydrogen (secondary N) is 1. The molecule has 1 saturated heterocycles. The van der Waals surface area contributed by atoms with Gasteiger partial charge >= 0.3 is 5.91 Å². The predicted molar refractivity (Wildman–Crippen MR) is 73.4 cm³/mol. The van der Waals surface area contributed by atoms with E-state index in [1.165, 1.54) is 19.3 Å². The van der Waals surface area contributed by atoms with Crippen molar-refractivity contribution in [2.24, 2.45) is 11.8 Å². The summed E-state index contributed by atoms with van der Waals surface area (Å²) in [6.07, 6.45) is 3.84. The monoisotopic (exact) mass is 265 g/mol. The van der Waals surface area contributed by atoms with Crippen LogP contribution in [0.3, 0.4) is 0 Å². The summed E-state index contributed by atoms with van der Waals surface area (Å²) in [6.45, 7) is 7.26. The molecule has 0 radical (unpaired) electrons. The van der Waals surface area contributed by atoms with Crippen molar-refractivity contribution in [2.45, 2.75) is 39.7 Å². The number of nitrogens with zero attached hydrogens (tertiary/aromatic N) is 1. The summed E-state index contributed by atoms with van der Waals surface area (Å²) in [5.41, 5.74) is 3.17. The lowest BCUT2D eigenvalue weighted by molar-refractivity contribution is 0.0924. The summed E-state index contributed by atoms with van der Waals surface area (Å²) in [5, 5.41) is 0. The summed E-state index contributed by atoms with van der Waals surface area (Å²) in [6, 6.07) is 1.80. The zero-order valence-corrected chi connectivity index (χ0v) is 11.7. The molecular formula is C14H23N3O2.